The maximum absolute atomic E-state index is 12.7. The van der Waals surface area contributed by atoms with Crippen molar-refractivity contribution < 1.29 is 18.3 Å². The van der Waals surface area contributed by atoms with Gasteiger partial charge in [0.25, 0.3) is 0 Å². The smallest absolute Gasteiger partial charge is 0.387 e. The number of halogens is 2. The van der Waals surface area contributed by atoms with Crippen molar-refractivity contribution in [1.82, 2.24) is 19.4 Å². The molecule has 0 radical (unpaired) electrons. The Labute approximate surface area is 225 Å². The zero-order valence-electron chi connectivity index (χ0n) is 21.4. The van der Waals surface area contributed by atoms with E-state index in [0.717, 1.165) is 43.5 Å². The fraction of sp³-hybridized carbons (Fsp3) is 0.345. The number of rotatable bonds is 7. The Morgan fingerprint density at radius 3 is 2.77 bits per heavy atom. The number of ether oxygens (including phenoxy) is 1. The average Bonchev–Trinajstić information content (AvgIpc) is 3.34. The molecular weight excluding hydrogens is 502 g/mol. The van der Waals surface area contributed by atoms with Gasteiger partial charge in [0.2, 0.25) is 5.95 Å². The van der Waals surface area contributed by atoms with E-state index in [-0.39, 0.29) is 17.5 Å². The maximum Gasteiger partial charge on any atom is 0.387 e. The van der Waals surface area contributed by atoms with Crippen LogP contribution in [0.4, 0.5) is 25.2 Å². The van der Waals surface area contributed by atoms with Crippen molar-refractivity contribution in [2.75, 3.05) is 30.3 Å². The molecule has 4 aromatic rings. The Kier molecular flexibility index (Phi) is 7.00. The number of nitrogens with zero attached hydrogens (tertiary/aromatic N) is 4. The van der Waals surface area contributed by atoms with E-state index in [2.05, 4.69) is 49.3 Å². The summed E-state index contributed by atoms with van der Waals surface area (Å²) in [5.41, 5.74) is 4.96. The van der Waals surface area contributed by atoms with Crippen LogP contribution in [0, 0.1) is 5.92 Å². The highest BCUT2D eigenvalue weighted by molar-refractivity contribution is 5.97. The Balaban J connectivity index is 1.05. The van der Waals surface area contributed by atoms with Gasteiger partial charge in [-0.05, 0) is 55.4 Å². The second kappa shape index (κ2) is 10.9. The molecule has 10 heteroatoms. The molecule has 0 saturated carbocycles. The second-order valence-electron chi connectivity index (χ2n) is 10.0. The highest BCUT2D eigenvalue weighted by atomic mass is 19.3. The van der Waals surface area contributed by atoms with E-state index in [1.54, 1.807) is 29.3 Å². The molecule has 0 aliphatic carbocycles. The second-order valence-corrected chi connectivity index (χ2v) is 10.0. The van der Waals surface area contributed by atoms with E-state index in [9.17, 15) is 13.6 Å². The minimum absolute atomic E-state index is 0.0557. The van der Waals surface area contributed by atoms with Crippen LogP contribution in [0.1, 0.15) is 24.8 Å². The van der Waals surface area contributed by atoms with Crippen LogP contribution in [0.25, 0.3) is 22.2 Å². The number of urea groups is 1. The molecule has 2 N–H and O–H groups in total. The van der Waals surface area contributed by atoms with E-state index < -0.39 is 6.61 Å². The molecule has 1 fully saturated rings. The Morgan fingerprint density at radius 2 is 1.92 bits per heavy atom. The number of carbonyl (C=O) groups is 1. The summed E-state index contributed by atoms with van der Waals surface area (Å²) in [6, 6.07) is 14.3. The quantitative estimate of drug-likeness (QED) is 0.305. The third kappa shape index (κ3) is 5.36. The van der Waals surface area contributed by atoms with Crippen molar-refractivity contribution in [1.29, 1.82) is 0 Å². The van der Waals surface area contributed by atoms with E-state index in [4.69, 9.17) is 4.98 Å². The number of anilines is 2. The van der Waals surface area contributed by atoms with Gasteiger partial charge in [-0.3, -0.25) is 0 Å². The lowest BCUT2D eigenvalue weighted by Gasteiger charge is -2.32. The van der Waals surface area contributed by atoms with Gasteiger partial charge in [0.1, 0.15) is 5.75 Å². The number of piperidine rings is 1. The van der Waals surface area contributed by atoms with Gasteiger partial charge in [0.05, 0.1) is 16.9 Å². The van der Waals surface area contributed by atoms with Gasteiger partial charge in [-0.1, -0.05) is 30.3 Å². The fourth-order valence-corrected chi connectivity index (χ4v) is 5.59. The first kappa shape index (κ1) is 25.1. The fourth-order valence-electron chi connectivity index (χ4n) is 5.59. The molecule has 2 amide bonds. The Hall–Kier alpha value is -4.21. The van der Waals surface area contributed by atoms with Gasteiger partial charge in [-0.25, -0.2) is 14.8 Å². The summed E-state index contributed by atoms with van der Waals surface area (Å²) >= 11 is 0. The molecule has 6 rings (SSSR count). The third-order valence-electron chi connectivity index (χ3n) is 7.55. The van der Waals surface area contributed by atoms with Crippen LogP contribution in [0.5, 0.6) is 5.75 Å². The van der Waals surface area contributed by atoms with Gasteiger partial charge in [0, 0.05) is 49.5 Å². The van der Waals surface area contributed by atoms with Crippen LogP contribution in [-0.2, 0) is 13.0 Å². The van der Waals surface area contributed by atoms with E-state index in [1.807, 2.05) is 6.07 Å². The molecule has 2 aliphatic heterocycles. The lowest BCUT2D eigenvalue weighted by Crippen LogP contribution is -2.42. The molecule has 39 heavy (non-hydrogen) atoms. The van der Waals surface area contributed by atoms with Gasteiger partial charge in [0.15, 0.2) is 0 Å². The van der Waals surface area contributed by atoms with E-state index in [0.29, 0.717) is 31.5 Å². The van der Waals surface area contributed by atoms with E-state index in [1.165, 1.54) is 22.5 Å². The van der Waals surface area contributed by atoms with Crippen molar-refractivity contribution >= 4 is 28.6 Å². The lowest BCUT2D eigenvalue weighted by atomic mass is 9.97. The minimum Gasteiger partial charge on any atom is -0.433 e. The zero-order chi connectivity index (χ0) is 26.8. The molecule has 1 saturated heterocycles. The van der Waals surface area contributed by atoms with Crippen LogP contribution in [0.15, 0.2) is 60.9 Å². The number of aromatic nitrogens is 3. The summed E-state index contributed by atoms with van der Waals surface area (Å²) in [5, 5.41) is 7.32. The van der Waals surface area contributed by atoms with Crippen LogP contribution < -0.4 is 15.4 Å². The number of likely N-dealkylation sites (tertiary alicyclic amines) is 1. The number of carbonyl (C=O) groups excluding carboxylic acids is 1. The molecule has 0 atom stereocenters. The number of aryl methyl sites for hydroxylation is 2. The van der Waals surface area contributed by atoms with Gasteiger partial charge in [-0.2, -0.15) is 8.78 Å². The first-order valence-electron chi connectivity index (χ1n) is 13.3. The predicted molar refractivity (Wildman–Crippen MR) is 146 cm³/mol. The first-order chi connectivity index (χ1) is 19.0. The third-order valence-corrected chi connectivity index (χ3v) is 7.55. The topological polar surface area (TPSA) is 84.3 Å². The molecule has 0 bridgehead atoms. The number of nitrogens with one attached hydrogen (secondary N) is 2. The minimum atomic E-state index is -2.96. The average molecular weight is 533 g/mol. The van der Waals surface area contributed by atoms with Crippen molar-refractivity contribution in [3.8, 4) is 17.0 Å². The summed E-state index contributed by atoms with van der Waals surface area (Å²) < 4.78 is 32.2. The lowest BCUT2D eigenvalue weighted by molar-refractivity contribution is -0.0493. The molecule has 2 aliphatic rings. The number of alkyl halides is 2. The molecule has 4 heterocycles. The van der Waals surface area contributed by atoms with Crippen molar-refractivity contribution in [3.05, 3.63) is 66.5 Å². The number of hydrogen-bond acceptors (Lipinski definition) is 5. The van der Waals surface area contributed by atoms with E-state index >= 15 is 0 Å². The van der Waals surface area contributed by atoms with Crippen molar-refractivity contribution in [2.24, 2.45) is 5.92 Å². The Bertz CT molecular complexity index is 1480. The summed E-state index contributed by atoms with van der Waals surface area (Å²) in [7, 11) is 0. The van der Waals surface area contributed by atoms with Crippen molar-refractivity contribution in [2.45, 2.75) is 38.8 Å². The largest absolute Gasteiger partial charge is 0.433 e. The highest BCUT2D eigenvalue weighted by Gasteiger charge is 2.24. The molecule has 2 aromatic carbocycles. The molecule has 0 unspecified atom stereocenters. The Morgan fingerprint density at radius 1 is 1.08 bits per heavy atom. The van der Waals surface area contributed by atoms with Crippen LogP contribution >= 0.6 is 0 Å². The van der Waals surface area contributed by atoms with Gasteiger partial charge < -0.3 is 24.8 Å². The molecular formula is C29H30F2N6O2. The van der Waals surface area contributed by atoms with Crippen LogP contribution in [0.3, 0.4) is 0 Å². The van der Waals surface area contributed by atoms with Crippen LogP contribution in [-0.4, -0.2) is 51.7 Å². The number of hydrogen-bond donors (Lipinski definition) is 2. The van der Waals surface area contributed by atoms with Gasteiger partial charge >= 0.3 is 12.6 Å². The first-order valence-corrected chi connectivity index (χ1v) is 13.3. The summed E-state index contributed by atoms with van der Waals surface area (Å²) in [6.07, 6.45) is 7.88. The van der Waals surface area contributed by atoms with Gasteiger partial charge in [-0.15, -0.1) is 0 Å². The summed E-state index contributed by atoms with van der Waals surface area (Å²) in [6.45, 7) is -0.0937. The standard InChI is InChI=1S/C29H30F2N6O2/c30-27(31)39-25-9-2-1-8-24(25)35-29(38)36-15-11-19(12-16-36)17-33-28-32-13-10-23(34-28)22-18-37-14-4-6-20-5-3-7-21(22)26(20)37/h1-3,5,7-10,13,18-19,27H,4,6,11-12,14-17H2,(H,35,38)(H,32,33,34). The maximum atomic E-state index is 12.7. The zero-order valence-corrected chi connectivity index (χ0v) is 21.4. The van der Waals surface area contributed by atoms with Crippen LogP contribution in [0.2, 0.25) is 0 Å². The summed E-state index contributed by atoms with van der Waals surface area (Å²) in [4.78, 5) is 23.7. The molecule has 0 spiro atoms. The molecule has 202 valence electrons. The summed E-state index contributed by atoms with van der Waals surface area (Å²) in [5.74, 6) is 0.893. The normalized spacial score (nSPS) is 15.5. The monoisotopic (exact) mass is 532 g/mol. The SMILES string of the molecule is O=C(Nc1ccccc1OC(F)F)N1CCC(CNc2nccc(-c3cn4c5c(cccc35)CCC4)n2)CC1. The number of amides is 2. The molecule has 8 nitrogen and oxygen atoms in total. The number of para-hydroxylation sites is 3. The highest BCUT2D eigenvalue weighted by Crippen LogP contribution is 2.34. The predicted octanol–water partition coefficient (Wildman–Crippen LogP) is 6.00. The van der Waals surface area contributed by atoms with Crippen molar-refractivity contribution in [3.63, 3.8) is 0 Å². The molecule has 2 aromatic heterocycles. The number of benzene rings is 2.